The van der Waals surface area contributed by atoms with E-state index in [-0.39, 0.29) is 4.90 Å². The van der Waals surface area contributed by atoms with Crippen molar-refractivity contribution in [2.45, 2.75) is 4.90 Å². The Balaban J connectivity index is 2.87. The highest BCUT2D eigenvalue weighted by Gasteiger charge is 2.03. The predicted octanol–water partition coefficient (Wildman–Crippen LogP) is 2.22. The summed E-state index contributed by atoms with van der Waals surface area (Å²) in [5.74, 6) is -0.539. The monoisotopic (exact) mass is 209 g/mol. The van der Waals surface area contributed by atoms with E-state index in [0.717, 1.165) is 6.07 Å². The Morgan fingerprint density at radius 3 is 2.64 bits per heavy atom. The average molecular weight is 209 g/mol. The van der Waals surface area contributed by atoms with Gasteiger partial charge in [0.05, 0.1) is 0 Å². The van der Waals surface area contributed by atoms with E-state index < -0.39 is 16.9 Å². The highest BCUT2D eigenvalue weighted by molar-refractivity contribution is 7.79. The van der Waals surface area contributed by atoms with Crippen molar-refractivity contribution < 1.29 is 13.2 Å². The number of rotatable bonds is 1. The summed E-state index contributed by atoms with van der Waals surface area (Å²) in [6.07, 6.45) is 0. The van der Waals surface area contributed by atoms with Crippen molar-refractivity contribution in [2.24, 2.45) is 0 Å². The second kappa shape index (κ2) is 3.48. The minimum Gasteiger partial charge on any atom is -0.768 e. The molecule has 0 bridgehead atoms. The average Bonchev–Trinajstić information content (AvgIpc) is 2.16. The minimum absolute atomic E-state index is 0.000556. The summed E-state index contributed by atoms with van der Waals surface area (Å²) in [4.78, 5) is 0.000556. The van der Waals surface area contributed by atoms with E-state index in [9.17, 15) is 13.2 Å². The number of benzene rings is 2. The number of halogens is 1. The fraction of sp³-hybridized carbons (Fsp3) is 0. The van der Waals surface area contributed by atoms with Crippen LogP contribution < -0.4 is 0 Å². The molecule has 0 aliphatic carbocycles. The van der Waals surface area contributed by atoms with Crippen LogP contribution in [0, 0.1) is 5.82 Å². The Kier molecular flexibility index (Phi) is 2.31. The Morgan fingerprint density at radius 1 is 1.21 bits per heavy atom. The van der Waals surface area contributed by atoms with E-state index in [2.05, 4.69) is 0 Å². The smallest absolute Gasteiger partial charge is 0.125 e. The molecule has 0 radical (unpaired) electrons. The molecular formula is C10H6FO2S-. The van der Waals surface area contributed by atoms with Gasteiger partial charge < -0.3 is 4.55 Å². The molecule has 0 aromatic heterocycles. The van der Waals surface area contributed by atoms with Crippen LogP contribution in [0.15, 0.2) is 41.3 Å². The molecular weight excluding hydrogens is 203 g/mol. The topological polar surface area (TPSA) is 40.1 Å². The van der Waals surface area contributed by atoms with Crippen LogP contribution in [0.4, 0.5) is 4.39 Å². The van der Waals surface area contributed by atoms with Gasteiger partial charge in [0, 0.05) is 4.90 Å². The minimum atomic E-state index is -2.40. The van der Waals surface area contributed by atoms with Gasteiger partial charge in [-0.25, -0.2) is 4.39 Å². The SMILES string of the molecule is O=S([O-])c1cc(F)cc2ccccc12. The molecule has 72 valence electrons. The van der Waals surface area contributed by atoms with Crippen molar-refractivity contribution in [3.05, 3.63) is 42.2 Å². The maximum absolute atomic E-state index is 13.0. The fourth-order valence-electron chi connectivity index (χ4n) is 1.38. The molecule has 2 aromatic rings. The summed E-state index contributed by atoms with van der Waals surface area (Å²) in [6, 6.07) is 9.11. The molecule has 0 fully saturated rings. The van der Waals surface area contributed by atoms with Crippen LogP contribution in [0.25, 0.3) is 10.8 Å². The van der Waals surface area contributed by atoms with Crippen molar-refractivity contribution in [3.63, 3.8) is 0 Å². The molecule has 0 saturated carbocycles. The maximum atomic E-state index is 13.0. The standard InChI is InChI=1S/C10H7FO2S/c11-8-5-7-3-1-2-4-9(7)10(6-8)14(12)13/h1-6H,(H,12,13)/p-1. The van der Waals surface area contributed by atoms with Crippen molar-refractivity contribution in [2.75, 3.05) is 0 Å². The molecule has 4 heteroatoms. The van der Waals surface area contributed by atoms with Gasteiger partial charge in [0.25, 0.3) is 0 Å². The van der Waals surface area contributed by atoms with Crippen molar-refractivity contribution in [3.8, 4) is 0 Å². The summed E-state index contributed by atoms with van der Waals surface area (Å²) in [5, 5.41) is 1.13. The van der Waals surface area contributed by atoms with E-state index in [1.807, 2.05) is 0 Å². The summed E-state index contributed by atoms with van der Waals surface area (Å²) < 4.78 is 34.6. The van der Waals surface area contributed by atoms with Gasteiger partial charge in [-0.2, -0.15) is 0 Å². The zero-order valence-electron chi connectivity index (χ0n) is 7.07. The van der Waals surface area contributed by atoms with Gasteiger partial charge in [0.15, 0.2) is 0 Å². The van der Waals surface area contributed by atoms with Crippen LogP contribution in [0.2, 0.25) is 0 Å². The van der Waals surface area contributed by atoms with Crippen LogP contribution >= 0.6 is 0 Å². The zero-order valence-corrected chi connectivity index (χ0v) is 7.88. The van der Waals surface area contributed by atoms with Gasteiger partial charge in [-0.1, -0.05) is 24.3 Å². The Bertz CT molecular complexity index is 510. The molecule has 0 heterocycles. The number of fused-ring (bicyclic) bond motifs is 1. The Labute approximate surface area is 82.7 Å². The lowest BCUT2D eigenvalue weighted by Gasteiger charge is -2.09. The molecule has 2 aromatic carbocycles. The van der Waals surface area contributed by atoms with Crippen LogP contribution in [0.1, 0.15) is 0 Å². The van der Waals surface area contributed by atoms with Gasteiger partial charge in [0.1, 0.15) is 5.82 Å². The fourth-order valence-corrected chi connectivity index (χ4v) is 1.95. The third-order valence-corrected chi connectivity index (χ3v) is 2.67. The van der Waals surface area contributed by atoms with Crippen molar-refractivity contribution in [1.29, 1.82) is 0 Å². The summed E-state index contributed by atoms with van der Waals surface area (Å²) in [6.45, 7) is 0. The first-order valence-corrected chi connectivity index (χ1v) is 5.03. The molecule has 2 rings (SSSR count). The molecule has 1 unspecified atom stereocenters. The second-order valence-corrected chi connectivity index (χ2v) is 3.77. The summed E-state index contributed by atoms with van der Waals surface area (Å²) >= 11 is -2.40. The normalized spacial score (nSPS) is 13.0. The predicted molar refractivity (Wildman–Crippen MR) is 51.1 cm³/mol. The van der Waals surface area contributed by atoms with Gasteiger partial charge in [-0.3, -0.25) is 4.21 Å². The lowest BCUT2D eigenvalue weighted by atomic mass is 10.1. The third kappa shape index (κ3) is 1.54. The molecule has 0 aliphatic rings. The molecule has 0 aliphatic heterocycles. The van der Waals surface area contributed by atoms with E-state index in [4.69, 9.17) is 0 Å². The molecule has 14 heavy (non-hydrogen) atoms. The van der Waals surface area contributed by atoms with E-state index in [1.54, 1.807) is 24.3 Å². The zero-order chi connectivity index (χ0) is 10.1. The van der Waals surface area contributed by atoms with Crippen molar-refractivity contribution in [1.82, 2.24) is 0 Å². The van der Waals surface area contributed by atoms with Gasteiger partial charge in [-0.05, 0) is 34.0 Å². The van der Waals surface area contributed by atoms with Crippen LogP contribution in [-0.2, 0) is 11.1 Å². The van der Waals surface area contributed by atoms with E-state index >= 15 is 0 Å². The second-order valence-electron chi connectivity index (χ2n) is 2.86. The van der Waals surface area contributed by atoms with E-state index in [0.29, 0.717) is 10.8 Å². The number of hydrogen-bond acceptors (Lipinski definition) is 2. The maximum Gasteiger partial charge on any atom is 0.125 e. The van der Waals surface area contributed by atoms with Crippen molar-refractivity contribution >= 4 is 21.9 Å². The van der Waals surface area contributed by atoms with Gasteiger partial charge in [-0.15, -0.1) is 0 Å². The molecule has 2 nitrogen and oxygen atoms in total. The molecule has 0 amide bonds. The first-order chi connectivity index (χ1) is 6.68. The molecule has 0 saturated heterocycles. The van der Waals surface area contributed by atoms with E-state index in [1.165, 1.54) is 6.07 Å². The van der Waals surface area contributed by atoms with Crippen LogP contribution in [-0.4, -0.2) is 8.76 Å². The van der Waals surface area contributed by atoms with Crippen LogP contribution in [0.5, 0.6) is 0 Å². The Hall–Kier alpha value is -1.26. The highest BCUT2D eigenvalue weighted by atomic mass is 32.2. The lowest BCUT2D eigenvalue weighted by Crippen LogP contribution is -1.92. The largest absolute Gasteiger partial charge is 0.768 e. The highest BCUT2D eigenvalue weighted by Crippen LogP contribution is 2.22. The summed E-state index contributed by atoms with van der Waals surface area (Å²) in [7, 11) is 0. The number of hydrogen-bond donors (Lipinski definition) is 0. The lowest BCUT2D eigenvalue weighted by molar-refractivity contribution is 0.536. The third-order valence-electron chi connectivity index (χ3n) is 1.97. The first kappa shape index (κ1) is 9.30. The summed E-state index contributed by atoms with van der Waals surface area (Å²) in [5.41, 5.74) is 0. The molecule has 0 N–H and O–H groups in total. The van der Waals surface area contributed by atoms with Crippen LogP contribution in [0.3, 0.4) is 0 Å². The van der Waals surface area contributed by atoms with Gasteiger partial charge in [0.2, 0.25) is 0 Å². The molecule has 0 spiro atoms. The molecule has 1 atom stereocenters. The first-order valence-electron chi connectivity index (χ1n) is 3.96. The Morgan fingerprint density at radius 2 is 1.93 bits per heavy atom. The van der Waals surface area contributed by atoms with Gasteiger partial charge >= 0.3 is 0 Å². The quantitative estimate of drug-likeness (QED) is 0.675.